The average Bonchev–Trinajstić information content (AvgIpc) is 3.05. The third-order valence-corrected chi connectivity index (χ3v) is 5.76. The molecule has 2 fully saturated rings. The molecule has 2 amide bonds. The number of aliphatic hydroxyl groups is 1. The Morgan fingerprint density at radius 2 is 1.89 bits per heavy atom. The van der Waals surface area contributed by atoms with Crippen LogP contribution in [-0.2, 0) is 6.54 Å². The fourth-order valence-electron chi connectivity index (χ4n) is 3.92. The van der Waals surface area contributed by atoms with E-state index in [2.05, 4.69) is 15.2 Å². The molecule has 2 aliphatic rings. The minimum absolute atomic E-state index is 0.0263. The summed E-state index contributed by atoms with van der Waals surface area (Å²) in [5.41, 5.74) is 1.90. The van der Waals surface area contributed by atoms with E-state index in [1.807, 2.05) is 33.8 Å². The molecule has 3 heterocycles. The molecule has 0 aromatic carbocycles. The van der Waals surface area contributed by atoms with Crippen molar-refractivity contribution < 1.29 is 9.90 Å². The van der Waals surface area contributed by atoms with Crippen molar-refractivity contribution in [2.45, 2.75) is 44.4 Å². The first-order valence-electron chi connectivity index (χ1n) is 9.66. The molecule has 0 atom stereocenters. The van der Waals surface area contributed by atoms with Crippen LogP contribution in [0.1, 0.15) is 31.4 Å². The van der Waals surface area contributed by atoms with Gasteiger partial charge in [0.05, 0.1) is 16.8 Å². The molecule has 1 saturated carbocycles. The van der Waals surface area contributed by atoms with E-state index >= 15 is 0 Å². The predicted octanol–water partition coefficient (Wildman–Crippen LogP) is 2.12. The Labute approximate surface area is 163 Å². The van der Waals surface area contributed by atoms with Crippen molar-refractivity contribution in [2.75, 3.05) is 26.2 Å². The number of carbonyl (C=O) groups excluding carboxylic acids is 1. The van der Waals surface area contributed by atoms with Gasteiger partial charge in [-0.25, -0.2) is 9.78 Å². The second-order valence-electron chi connectivity index (χ2n) is 7.56. The van der Waals surface area contributed by atoms with Gasteiger partial charge in [0.2, 0.25) is 0 Å². The SMILES string of the molecule is O=C(NC1CCC(O)CC1)N1CCN(Cc2cn3cc(Cl)ccc3n2)CC1. The van der Waals surface area contributed by atoms with Gasteiger partial charge in [0.25, 0.3) is 0 Å². The average molecular weight is 392 g/mol. The van der Waals surface area contributed by atoms with Gasteiger partial charge in [-0.3, -0.25) is 4.90 Å². The predicted molar refractivity (Wildman–Crippen MR) is 104 cm³/mol. The third kappa shape index (κ3) is 4.54. The molecule has 146 valence electrons. The van der Waals surface area contributed by atoms with E-state index in [9.17, 15) is 9.90 Å². The summed E-state index contributed by atoms with van der Waals surface area (Å²) >= 11 is 6.03. The van der Waals surface area contributed by atoms with E-state index in [-0.39, 0.29) is 18.2 Å². The number of imidazole rings is 1. The molecule has 0 bridgehead atoms. The molecule has 0 radical (unpaired) electrons. The third-order valence-electron chi connectivity index (χ3n) is 5.53. The second-order valence-corrected chi connectivity index (χ2v) is 8.00. The van der Waals surface area contributed by atoms with Crippen LogP contribution in [0, 0.1) is 0 Å². The van der Waals surface area contributed by atoms with Crippen molar-refractivity contribution in [3.05, 3.63) is 35.2 Å². The number of rotatable bonds is 3. The number of aromatic nitrogens is 2. The Morgan fingerprint density at radius 1 is 1.15 bits per heavy atom. The molecule has 2 aromatic rings. The van der Waals surface area contributed by atoms with Crippen molar-refractivity contribution in [1.82, 2.24) is 24.5 Å². The lowest BCUT2D eigenvalue weighted by Crippen LogP contribution is -2.53. The summed E-state index contributed by atoms with van der Waals surface area (Å²) in [6, 6.07) is 3.98. The van der Waals surface area contributed by atoms with Gasteiger partial charge < -0.3 is 19.7 Å². The van der Waals surface area contributed by atoms with Crippen LogP contribution in [0.15, 0.2) is 24.5 Å². The van der Waals surface area contributed by atoms with Gasteiger partial charge in [-0.1, -0.05) is 11.6 Å². The van der Waals surface area contributed by atoms with Gasteiger partial charge in [-0.2, -0.15) is 0 Å². The largest absolute Gasteiger partial charge is 0.393 e. The zero-order valence-electron chi connectivity index (χ0n) is 15.4. The molecule has 2 N–H and O–H groups in total. The highest BCUT2D eigenvalue weighted by atomic mass is 35.5. The van der Waals surface area contributed by atoms with Crippen molar-refractivity contribution >= 4 is 23.3 Å². The van der Waals surface area contributed by atoms with Gasteiger partial charge >= 0.3 is 6.03 Å². The Kier molecular flexibility index (Phi) is 5.52. The van der Waals surface area contributed by atoms with Crippen molar-refractivity contribution in [3.8, 4) is 0 Å². The topological polar surface area (TPSA) is 73.1 Å². The number of piperazine rings is 1. The summed E-state index contributed by atoms with van der Waals surface area (Å²) < 4.78 is 1.95. The van der Waals surface area contributed by atoms with Crippen LogP contribution in [0.2, 0.25) is 5.02 Å². The number of amides is 2. The summed E-state index contributed by atoms with van der Waals surface area (Å²) in [6.45, 7) is 3.90. The van der Waals surface area contributed by atoms with Crippen LogP contribution in [0.5, 0.6) is 0 Å². The monoisotopic (exact) mass is 391 g/mol. The van der Waals surface area contributed by atoms with Crippen molar-refractivity contribution in [3.63, 3.8) is 0 Å². The highest BCUT2D eigenvalue weighted by molar-refractivity contribution is 6.30. The number of nitrogens with one attached hydrogen (secondary N) is 1. The van der Waals surface area contributed by atoms with Crippen LogP contribution >= 0.6 is 11.6 Å². The number of hydrogen-bond donors (Lipinski definition) is 2. The second kappa shape index (κ2) is 8.04. The summed E-state index contributed by atoms with van der Waals surface area (Å²) in [5.74, 6) is 0. The maximum absolute atomic E-state index is 12.5. The number of pyridine rings is 1. The first-order chi connectivity index (χ1) is 13.1. The molecule has 8 heteroatoms. The first-order valence-corrected chi connectivity index (χ1v) is 10.0. The van der Waals surface area contributed by atoms with Gasteiger partial charge in [-0.15, -0.1) is 0 Å². The molecule has 1 aliphatic heterocycles. The van der Waals surface area contributed by atoms with E-state index in [4.69, 9.17) is 11.6 Å². The Bertz CT molecular complexity index is 794. The number of halogens is 1. The standard InChI is InChI=1S/C19H26ClN5O2/c20-14-1-6-18-21-16(13-25(18)11-14)12-23-7-9-24(10-8-23)19(27)22-15-2-4-17(26)5-3-15/h1,6,11,13,15,17,26H,2-5,7-10,12H2,(H,22,27). The summed E-state index contributed by atoms with van der Waals surface area (Å²) in [5, 5.41) is 13.4. The Hall–Kier alpha value is -1.83. The van der Waals surface area contributed by atoms with Crippen LogP contribution in [0.25, 0.3) is 5.65 Å². The molecule has 1 aliphatic carbocycles. The molecular weight excluding hydrogens is 366 g/mol. The van der Waals surface area contributed by atoms with Gasteiger partial charge in [0.1, 0.15) is 5.65 Å². The summed E-state index contributed by atoms with van der Waals surface area (Å²) in [6.07, 6.45) is 6.97. The minimum Gasteiger partial charge on any atom is -0.393 e. The minimum atomic E-state index is -0.197. The maximum Gasteiger partial charge on any atom is 0.317 e. The van der Waals surface area contributed by atoms with Gasteiger partial charge in [0.15, 0.2) is 0 Å². The molecule has 7 nitrogen and oxygen atoms in total. The van der Waals surface area contributed by atoms with Gasteiger partial charge in [-0.05, 0) is 37.8 Å². The molecule has 1 saturated heterocycles. The number of fused-ring (bicyclic) bond motifs is 1. The van der Waals surface area contributed by atoms with Crippen LogP contribution in [0.4, 0.5) is 4.79 Å². The highest BCUT2D eigenvalue weighted by Crippen LogP contribution is 2.19. The molecule has 2 aromatic heterocycles. The maximum atomic E-state index is 12.5. The lowest BCUT2D eigenvalue weighted by Gasteiger charge is -2.36. The summed E-state index contributed by atoms with van der Waals surface area (Å²) in [4.78, 5) is 21.3. The number of carbonyl (C=O) groups is 1. The molecular formula is C19H26ClN5O2. The number of nitrogens with zero attached hydrogens (tertiary/aromatic N) is 4. The van der Waals surface area contributed by atoms with E-state index < -0.39 is 0 Å². The number of urea groups is 1. The fraction of sp³-hybridized carbons (Fsp3) is 0.579. The Balaban J connectivity index is 1.26. The Morgan fingerprint density at radius 3 is 2.63 bits per heavy atom. The molecule has 0 unspecified atom stereocenters. The number of hydrogen-bond acceptors (Lipinski definition) is 4. The zero-order chi connectivity index (χ0) is 18.8. The van der Waals surface area contributed by atoms with E-state index in [0.717, 1.165) is 69.7 Å². The fourth-order valence-corrected chi connectivity index (χ4v) is 4.09. The van der Waals surface area contributed by atoms with E-state index in [1.54, 1.807) is 0 Å². The quantitative estimate of drug-likeness (QED) is 0.840. The van der Waals surface area contributed by atoms with Crippen LogP contribution in [0.3, 0.4) is 0 Å². The normalized spacial score (nSPS) is 24.3. The molecule has 0 spiro atoms. The molecule has 4 rings (SSSR count). The smallest absolute Gasteiger partial charge is 0.317 e. The molecule has 27 heavy (non-hydrogen) atoms. The lowest BCUT2D eigenvalue weighted by molar-refractivity contribution is 0.108. The first kappa shape index (κ1) is 18.5. The van der Waals surface area contributed by atoms with E-state index in [0.29, 0.717) is 5.02 Å². The van der Waals surface area contributed by atoms with Crippen LogP contribution < -0.4 is 5.32 Å². The van der Waals surface area contributed by atoms with Crippen molar-refractivity contribution in [1.29, 1.82) is 0 Å². The number of aliphatic hydroxyl groups excluding tert-OH is 1. The van der Waals surface area contributed by atoms with E-state index in [1.165, 1.54) is 0 Å². The van der Waals surface area contributed by atoms with Crippen molar-refractivity contribution in [2.24, 2.45) is 0 Å². The summed E-state index contributed by atoms with van der Waals surface area (Å²) in [7, 11) is 0. The van der Waals surface area contributed by atoms with Gasteiger partial charge in [0, 0.05) is 51.2 Å². The van der Waals surface area contributed by atoms with Crippen LogP contribution in [-0.4, -0.2) is 68.6 Å². The lowest BCUT2D eigenvalue weighted by atomic mass is 9.93. The highest BCUT2D eigenvalue weighted by Gasteiger charge is 2.25. The zero-order valence-corrected chi connectivity index (χ0v) is 16.1.